The van der Waals surface area contributed by atoms with Gasteiger partial charge in [-0.25, -0.2) is 0 Å². The summed E-state index contributed by atoms with van der Waals surface area (Å²) >= 11 is 0. The van der Waals surface area contributed by atoms with E-state index in [0.29, 0.717) is 12.1 Å². The lowest BCUT2D eigenvalue weighted by Gasteiger charge is -2.23. The zero-order valence-corrected chi connectivity index (χ0v) is 14.3. The first-order chi connectivity index (χ1) is 12.2. The first-order valence-corrected chi connectivity index (χ1v) is 8.56. The summed E-state index contributed by atoms with van der Waals surface area (Å²) in [6, 6.07) is 20.4. The Morgan fingerprint density at radius 2 is 1.96 bits per heavy atom. The van der Waals surface area contributed by atoms with Gasteiger partial charge in [0.05, 0.1) is 23.9 Å². The Morgan fingerprint density at radius 3 is 2.76 bits per heavy atom. The van der Waals surface area contributed by atoms with Crippen molar-refractivity contribution in [2.75, 3.05) is 13.6 Å². The average molecular weight is 328 g/mol. The van der Waals surface area contributed by atoms with Crippen LogP contribution in [-0.4, -0.2) is 28.3 Å². The molecule has 0 N–H and O–H groups in total. The molecule has 25 heavy (non-hydrogen) atoms. The van der Waals surface area contributed by atoms with Crippen molar-refractivity contribution in [2.24, 2.45) is 0 Å². The minimum Gasteiger partial charge on any atom is -0.302 e. The molecule has 0 amide bonds. The van der Waals surface area contributed by atoms with Gasteiger partial charge in [0.15, 0.2) is 0 Å². The number of hydrogen-bond acceptors (Lipinski definition) is 3. The predicted octanol–water partition coefficient (Wildman–Crippen LogP) is 3.46. The molecule has 4 nitrogen and oxygen atoms in total. The highest BCUT2D eigenvalue weighted by atomic mass is 15.3. The zero-order chi connectivity index (χ0) is 17.2. The van der Waals surface area contributed by atoms with Gasteiger partial charge in [0.1, 0.15) is 0 Å². The van der Waals surface area contributed by atoms with Crippen LogP contribution >= 0.6 is 0 Å². The Hall–Kier alpha value is -2.90. The van der Waals surface area contributed by atoms with Gasteiger partial charge in [0.2, 0.25) is 0 Å². The highest BCUT2D eigenvalue weighted by molar-refractivity contribution is 5.64. The molecule has 0 atom stereocenters. The molecule has 0 bridgehead atoms. The number of aromatic nitrogens is 2. The third-order valence-electron chi connectivity index (χ3n) is 4.76. The monoisotopic (exact) mass is 328 g/mol. The number of likely N-dealkylation sites (N-methyl/N-ethyl adjacent to an activating group) is 1. The fraction of sp³-hybridized carbons (Fsp3) is 0.238. The van der Waals surface area contributed by atoms with Gasteiger partial charge < -0.3 is 4.90 Å². The van der Waals surface area contributed by atoms with Crippen LogP contribution in [0.4, 0.5) is 0 Å². The van der Waals surface area contributed by atoms with Gasteiger partial charge in [-0.15, -0.1) is 0 Å². The topological polar surface area (TPSA) is 44.9 Å². The first kappa shape index (κ1) is 15.6. The molecule has 0 aliphatic carbocycles. The van der Waals surface area contributed by atoms with E-state index in [1.807, 2.05) is 24.3 Å². The molecule has 4 rings (SSSR count). The van der Waals surface area contributed by atoms with Gasteiger partial charge in [-0.3, -0.25) is 4.68 Å². The second-order valence-electron chi connectivity index (χ2n) is 6.60. The highest BCUT2D eigenvalue weighted by Gasteiger charge is 2.24. The Kier molecular flexibility index (Phi) is 4.09. The third kappa shape index (κ3) is 3.07. The van der Waals surface area contributed by atoms with Crippen molar-refractivity contribution >= 4 is 0 Å². The molecule has 4 heteroatoms. The van der Waals surface area contributed by atoms with E-state index in [1.165, 1.54) is 16.8 Å². The van der Waals surface area contributed by atoms with Gasteiger partial charge in [-0.05, 0) is 24.7 Å². The number of nitriles is 1. The molecule has 124 valence electrons. The zero-order valence-electron chi connectivity index (χ0n) is 14.3. The minimum atomic E-state index is 0.696. The van der Waals surface area contributed by atoms with Gasteiger partial charge in [0, 0.05) is 36.3 Å². The summed E-state index contributed by atoms with van der Waals surface area (Å²) < 4.78 is 2.13. The van der Waals surface area contributed by atoms with Crippen LogP contribution in [0.2, 0.25) is 0 Å². The van der Waals surface area contributed by atoms with E-state index in [9.17, 15) is 0 Å². The van der Waals surface area contributed by atoms with Crippen LogP contribution in [0.15, 0.2) is 54.6 Å². The van der Waals surface area contributed by atoms with Crippen molar-refractivity contribution in [1.82, 2.24) is 14.7 Å². The smallest absolute Gasteiger partial charge is 0.0991 e. The van der Waals surface area contributed by atoms with Crippen molar-refractivity contribution in [1.29, 1.82) is 5.26 Å². The maximum Gasteiger partial charge on any atom is 0.0991 e. The van der Waals surface area contributed by atoms with E-state index < -0.39 is 0 Å². The Morgan fingerprint density at radius 1 is 1.12 bits per heavy atom. The lowest BCUT2D eigenvalue weighted by atomic mass is 10.0. The summed E-state index contributed by atoms with van der Waals surface area (Å²) in [6.45, 7) is 2.68. The van der Waals surface area contributed by atoms with Crippen molar-refractivity contribution in [3.8, 4) is 17.3 Å². The molecule has 0 spiro atoms. The number of fused-ring (bicyclic) bond motifs is 1. The molecule has 1 aromatic heterocycles. The lowest BCUT2D eigenvalue weighted by molar-refractivity contribution is 0.308. The Balaban J connectivity index is 1.77. The molecule has 2 heterocycles. The van der Waals surface area contributed by atoms with Crippen molar-refractivity contribution in [3.63, 3.8) is 0 Å². The fourth-order valence-electron chi connectivity index (χ4n) is 3.50. The molecule has 1 aliphatic heterocycles. The highest BCUT2D eigenvalue weighted by Crippen LogP contribution is 2.30. The molecule has 0 fully saturated rings. The van der Waals surface area contributed by atoms with E-state index in [1.54, 1.807) is 0 Å². The van der Waals surface area contributed by atoms with E-state index in [2.05, 4.69) is 53.0 Å². The van der Waals surface area contributed by atoms with Crippen molar-refractivity contribution in [2.45, 2.75) is 19.5 Å². The maximum atomic E-state index is 9.12. The van der Waals surface area contributed by atoms with Crippen LogP contribution in [0.5, 0.6) is 0 Å². The van der Waals surface area contributed by atoms with Crippen LogP contribution in [0, 0.1) is 11.3 Å². The lowest BCUT2D eigenvalue weighted by Crippen LogP contribution is -2.27. The quantitative estimate of drug-likeness (QED) is 0.739. The Bertz CT molecular complexity index is 934. The summed E-state index contributed by atoms with van der Waals surface area (Å²) in [6.07, 6.45) is 1.00. The molecule has 0 saturated carbocycles. The predicted molar refractivity (Wildman–Crippen MR) is 98.0 cm³/mol. The second-order valence-corrected chi connectivity index (χ2v) is 6.60. The summed E-state index contributed by atoms with van der Waals surface area (Å²) in [4.78, 5) is 2.34. The molecule has 3 aromatic rings. The third-order valence-corrected chi connectivity index (χ3v) is 4.76. The summed E-state index contributed by atoms with van der Waals surface area (Å²) in [5.74, 6) is 0. The van der Waals surface area contributed by atoms with Crippen LogP contribution in [0.25, 0.3) is 11.3 Å². The van der Waals surface area contributed by atoms with E-state index in [0.717, 1.165) is 30.8 Å². The summed E-state index contributed by atoms with van der Waals surface area (Å²) in [7, 11) is 2.16. The molecule has 1 aliphatic rings. The van der Waals surface area contributed by atoms with Gasteiger partial charge in [0.25, 0.3) is 0 Å². The van der Waals surface area contributed by atoms with Gasteiger partial charge >= 0.3 is 0 Å². The molecule has 0 radical (unpaired) electrons. The average Bonchev–Trinajstić information content (AvgIpc) is 3.00. The first-order valence-electron chi connectivity index (χ1n) is 8.56. The fourth-order valence-corrected chi connectivity index (χ4v) is 3.50. The number of hydrogen-bond donors (Lipinski definition) is 0. The van der Waals surface area contributed by atoms with Crippen molar-refractivity contribution in [3.05, 3.63) is 77.0 Å². The molecule has 2 aromatic carbocycles. The molecule has 0 unspecified atom stereocenters. The van der Waals surface area contributed by atoms with E-state index in [4.69, 9.17) is 10.4 Å². The largest absolute Gasteiger partial charge is 0.302 e. The standard InChI is InChI=1S/C21H20N4/c1-24-11-10-20-19(15-24)21(18-8-3-2-4-9-18)23-25(20)14-17-7-5-6-16(12-17)13-22/h2-9,12H,10-11,14-15H2,1H3. The number of benzene rings is 2. The van der Waals surface area contributed by atoms with Crippen molar-refractivity contribution < 1.29 is 0 Å². The molecular formula is C21H20N4. The normalized spacial score (nSPS) is 14.1. The van der Waals surface area contributed by atoms with E-state index >= 15 is 0 Å². The minimum absolute atomic E-state index is 0.696. The van der Waals surface area contributed by atoms with Crippen LogP contribution < -0.4 is 0 Å². The van der Waals surface area contributed by atoms with E-state index in [-0.39, 0.29) is 0 Å². The number of rotatable bonds is 3. The second kappa shape index (κ2) is 6.54. The maximum absolute atomic E-state index is 9.12. The van der Waals surface area contributed by atoms with Gasteiger partial charge in [-0.2, -0.15) is 10.4 Å². The van der Waals surface area contributed by atoms with Crippen LogP contribution in [-0.2, 0) is 19.5 Å². The van der Waals surface area contributed by atoms with Crippen LogP contribution in [0.1, 0.15) is 22.4 Å². The summed E-state index contributed by atoms with van der Waals surface area (Å²) in [5.41, 5.74) is 6.71. The SMILES string of the molecule is CN1CCc2c(c(-c3ccccc3)nn2Cc2cccc(C#N)c2)C1. The number of nitrogens with zero attached hydrogens (tertiary/aromatic N) is 4. The summed E-state index contributed by atoms with van der Waals surface area (Å²) in [5, 5.41) is 14.1. The Labute approximate surface area is 147 Å². The van der Waals surface area contributed by atoms with Crippen LogP contribution in [0.3, 0.4) is 0 Å². The molecular weight excluding hydrogens is 308 g/mol. The van der Waals surface area contributed by atoms with Gasteiger partial charge in [-0.1, -0.05) is 42.5 Å². The molecule has 0 saturated heterocycles.